The Morgan fingerprint density at radius 3 is 2.39 bits per heavy atom. The van der Waals surface area contributed by atoms with Crippen molar-refractivity contribution in [2.45, 2.75) is 39.5 Å². The molecule has 23 heavy (non-hydrogen) atoms. The number of aromatic nitrogens is 1. The van der Waals surface area contributed by atoms with Gasteiger partial charge in [0.2, 0.25) is 0 Å². The van der Waals surface area contributed by atoms with Crippen LogP contribution >= 0.6 is 0 Å². The van der Waals surface area contributed by atoms with Crippen molar-refractivity contribution in [3.05, 3.63) is 48.2 Å². The van der Waals surface area contributed by atoms with Crippen molar-refractivity contribution in [3.63, 3.8) is 0 Å². The number of rotatable bonds is 10. The third-order valence-electron chi connectivity index (χ3n) is 3.70. The van der Waals surface area contributed by atoms with Gasteiger partial charge in [-0.25, -0.2) is 0 Å². The van der Waals surface area contributed by atoms with E-state index in [1.54, 1.807) is 0 Å². The Morgan fingerprint density at radius 2 is 1.74 bits per heavy atom. The van der Waals surface area contributed by atoms with Gasteiger partial charge < -0.3 is 9.47 Å². The molecule has 3 heteroatoms. The van der Waals surface area contributed by atoms with Crippen LogP contribution in [0.15, 0.2) is 42.6 Å². The minimum absolute atomic E-state index is 0.782. The lowest BCUT2D eigenvalue weighted by Gasteiger charge is -2.07. The molecule has 0 unspecified atom stereocenters. The third-order valence-corrected chi connectivity index (χ3v) is 3.70. The van der Waals surface area contributed by atoms with Crippen molar-refractivity contribution in [1.82, 2.24) is 4.98 Å². The molecule has 1 heterocycles. The van der Waals surface area contributed by atoms with Gasteiger partial charge in [0.05, 0.1) is 12.3 Å². The first-order chi connectivity index (χ1) is 11.3. The van der Waals surface area contributed by atoms with Gasteiger partial charge in [0, 0.05) is 25.0 Å². The molecule has 0 amide bonds. The molecule has 0 bridgehead atoms. The van der Waals surface area contributed by atoms with Crippen molar-refractivity contribution in [2.75, 3.05) is 19.8 Å². The van der Waals surface area contributed by atoms with Crippen LogP contribution in [0.4, 0.5) is 0 Å². The summed E-state index contributed by atoms with van der Waals surface area (Å²) < 4.78 is 11.1. The first-order valence-electron chi connectivity index (χ1n) is 8.59. The normalized spacial score (nSPS) is 10.7. The molecule has 0 aliphatic heterocycles. The van der Waals surface area contributed by atoms with Crippen molar-refractivity contribution >= 4 is 0 Å². The maximum absolute atomic E-state index is 5.69. The van der Waals surface area contributed by atoms with Crippen LogP contribution in [-0.4, -0.2) is 24.8 Å². The summed E-state index contributed by atoms with van der Waals surface area (Å²) in [5.41, 5.74) is 3.38. The Balaban J connectivity index is 1.88. The fourth-order valence-electron chi connectivity index (χ4n) is 2.32. The molecule has 2 aromatic rings. The van der Waals surface area contributed by atoms with Gasteiger partial charge >= 0.3 is 0 Å². The number of hydrogen-bond acceptors (Lipinski definition) is 3. The fraction of sp³-hybridized carbons (Fsp3) is 0.450. The van der Waals surface area contributed by atoms with E-state index in [0.29, 0.717) is 0 Å². The van der Waals surface area contributed by atoms with Gasteiger partial charge in [-0.2, -0.15) is 0 Å². The monoisotopic (exact) mass is 313 g/mol. The Hall–Kier alpha value is -1.87. The lowest BCUT2D eigenvalue weighted by atomic mass is 10.1. The maximum Gasteiger partial charge on any atom is 0.119 e. The van der Waals surface area contributed by atoms with Crippen LogP contribution in [0.25, 0.3) is 11.3 Å². The number of hydrogen-bond donors (Lipinski definition) is 0. The third kappa shape index (κ3) is 6.03. The zero-order chi connectivity index (χ0) is 16.3. The number of unbranched alkanes of at least 4 members (excludes halogenated alkanes) is 1. The molecule has 0 N–H and O–H groups in total. The fourth-order valence-corrected chi connectivity index (χ4v) is 2.32. The molecule has 0 fully saturated rings. The lowest BCUT2D eigenvalue weighted by Crippen LogP contribution is -1.97. The van der Waals surface area contributed by atoms with Gasteiger partial charge in [0.15, 0.2) is 0 Å². The van der Waals surface area contributed by atoms with E-state index in [2.05, 4.69) is 36.2 Å². The minimum atomic E-state index is 0.782. The molecule has 0 aliphatic carbocycles. The standard InChI is InChI=1S/C20H27NO2/c1-3-5-15-23-19-11-9-18(10-12-19)20-13-8-17(16-21-20)7-6-14-22-4-2/h8-13,16H,3-7,14-15H2,1-2H3. The zero-order valence-corrected chi connectivity index (χ0v) is 14.3. The first kappa shape index (κ1) is 17.5. The predicted octanol–water partition coefficient (Wildman–Crippen LogP) is 4.90. The smallest absolute Gasteiger partial charge is 0.119 e. The molecule has 0 saturated heterocycles. The van der Waals surface area contributed by atoms with Gasteiger partial charge in [0.25, 0.3) is 0 Å². The summed E-state index contributed by atoms with van der Waals surface area (Å²) in [6.07, 6.45) is 6.26. The number of pyridine rings is 1. The first-order valence-corrected chi connectivity index (χ1v) is 8.59. The number of aryl methyl sites for hydroxylation is 1. The van der Waals surface area contributed by atoms with Crippen LogP contribution < -0.4 is 4.74 Å². The van der Waals surface area contributed by atoms with Gasteiger partial charge in [0.1, 0.15) is 5.75 Å². The largest absolute Gasteiger partial charge is 0.494 e. The number of benzene rings is 1. The van der Waals surface area contributed by atoms with Gasteiger partial charge in [-0.1, -0.05) is 19.4 Å². The van der Waals surface area contributed by atoms with Crippen LogP contribution in [0.3, 0.4) is 0 Å². The quantitative estimate of drug-likeness (QED) is 0.585. The van der Waals surface area contributed by atoms with Crippen LogP contribution in [0.1, 0.15) is 38.7 Å². The van der Waals surface area contributed by atoms with Gasteiger partial charge in [-0.3, -0.25) is 4.98 Å². The summed E-state index contributed by atoms with van der Waals surface area (Å²) >= 11 is 0. The molecule has 124 valence electrons. The Bertz CT molecular complexity index is 549. The Labute approximate surface area is 139 Å². The van der Waals surface area contributed by atoms with Gasteiger partial charge in [-0.05, 0) is 62.1 Å². The molecule has 1 aromatic heterocycles. The van der Waals surface area contributed by atoms with Crippen LogP contribution in [-0.2, 0) is 11.2 Å². The molecule has 0 atom stereocenters. The SMILES string of the molecule is CCCCOc1ccc(-c2ccc(CCCOCC)cn2)cc1. The molecule has 0 spiro atoms. The maximum atomic E-state index is 5.69. The molecule has 3 nitrogen and oxygen atoms in total. The summed E-state index contributed by atoms with van der Waals surface area (Å²) in [5.74, 6) is 0.926. The van der Waals surface area contributed by atoms with Crippen LogP contribution in [0, 0.1) is 0 Å². The molecular formula is C20H27NO2. The van der Waals surface area contributed by atoms with E-state index in [0.717, 1.165) is 62.5 Å². The number of ether oxygens (including phenoxy) is 2. The lowest BCUT2D eigenvalue weighted by molar-refractivity contribution is 0.145. The Morgan fingerprint density at radius 1 is 0.913 bits per heavy atom. The molecular weight excluding hydrogens is 286 g/mol. The van der Waals surface area contributed by atoms with E-state index in [9.17, 15) is 0 Å². The highest BCUT2D eigenvalue weighted by atomic mass is 16.5. The second-order valence-corrected chi connectivity index (χ2v) is 5.58. The molecule has 0 aliphatic rings. The highest BCUT2D eigenvalue weighted by molar-refractivity contribution is 5.60. The van der Waals surface area contributed by atoms with E-state index >= 15 is 0 Å². The minimum Gasteiger partial charge on any atom is -0.494 e. The van der Waals surface area contributed by atoms with Gasteiger partial charge in [-0.15, -0.1) is 0 Å². The topological polar surface area (TPSA) is 31.4 Å². The summed E-state index contributed by atoms with van der Waals surface area (Å²) in [4.78, 5) is 4.57. The summed E-state index contributed by atoms with van der Waals surface area (Å²) in [6.45, 7) is 6.58. The summed E-state index contributed by atoms with van der Waals surface area (Å²) in [6, 6.07) is 12.4. The highest BCUT2D eigenvalue weighted by Gasteiger charge is 2.01. The van der Waals surface area contributed by atoms with E-state index < -0.39 is 0 Å². The molecule has 1 aromatic carbocycles. The highest BCUT2D eigenvalue weighted by Crippen LogP contribution is 2.21. The van der Waals surface area contributed by atoms with Crippen molar-refractivity contribution < 1.29 is 9.47 Å². The molecule has 0 saturated carbocycles. The Kier molecular flexibility index (Phi) is 7.61. The molecule has 0 radical (unpaired) electrons. The van der Waals surface area contributed by atoms with Crippen LogP contribution in [0.5, 0.6) is 5.75 Å². The zero-order valence-electron chi connectivity index (χ0n) is 14.3. The summed E-state index contributed by atoms with van der Waals surface area (Å²) in [7, 11) is 0. The van der Waals surface area contributed by atoms with Crippen molar-refractivity contribution in [3.8, 4) is 17.0 Å². The van der Waals surface area contributed by atoms with E-state index in [-0.39, 0.29) is 0 Å². The summed E-state index contributed by atoms with van der Waals surface area (Å²) in [5, 5.41) is 0. The van der Waals surface area contributed by atoms with Crippen molar-refractivity contribution in [2.24, 2.45) is 0 Å². The van der Waals surface area contributed by atoms with Crippen molar-refractivity contribution in [1.29, 1.82) is 0 Å². The van der Waals surface area contributed by atoms with E-state index in [1.807, 2.05) is 25.3 Å². The van der Waals surface area contributed by atoms with E-state index in [1.165, 1.54) is 5.56 Å². The average Bonchev–Trinajstić information content (AvgIpc) is 2.60. The second-order valence-electron chi connectivity index (χ2n) is 5.58. The second kappa shape index (κ2) is 10.0. The predicted molar refractivity (Wildman–Crippen MR) is 94.9 cm³/mol. The van der Waals surface area contributed by atoms with Crippen LogP contribution in [0.2, 0.25) is 0 Å². The number of nitrogens with zero attached hydrogens (tertiary/aromatic N) is 1. The average molecular weight is 313 g/mol. The van der Waals surface area contributed by atoms with E-state index in [4.69, 9.17) is 9.47 Å². The molecule has 2 rings (SSSR count).